The van der Waals surface area contributed by atoms with Crippen molar-refractivity contribution in [2.24, 2.45) is 4.74 Å². The molecule has 0 saturated carbocycles. The number of hydrogen-bond donors (Lipinski definition) is 0. The Kier molecular flexibility index (Phi) is 5.59. The first-order chi connectivity index (χ1) is 10.9. The van der Waals surface area contributed by atoms with Gasteiger partial charge in [0, 0.05) is 0 Å². The van der Waals surface area contributed by atoms with Gasteiger partial charge < -0.3 is 14.4 Å². The Balaban J connectivity index is 2.28. The van der Waals surface area contributed by atoms with Crippen LogP contribution in [-0.2, 0) is 0 Å². The fourth-order valence-corrected chi connectivity index (χ4v) is 2.55. The molecule has 23 heavy (non-hydrogen) atoms. The molecule has 1 unspecified atom stereocenters. The summed E-state index contributed by atoms with van der Waals surface area (Å²) in [6, 6.07) is 14.2. The van der Waals surface area contributed by atoms with Crippen LogP contribution in [0.3, 0.4) is 0 Å². The molecule has 0 N–H and O–H groups in total. The molecule has 0 aliphatic rings. The average Bonchev–Trinajstić information content (AvgIpc) is 2.47. The standard InChI is InChI=1S/C17H20NO4P/c1-17(2,3)21-15-12-8-11-14(16(15)20-4)18-23(19)22-13-9-6-5-7-10-13/h5-12H,1-4H3. The van der Waals surface area contributed by atoms with Crippen LogP contribution in [0.2, 0.25) is 0 Å². The zero-order valence-electron chi connectivity index (χ0n) is 13.6. The van der Waals surface area contributed by atoms with Crippen LogP contribution in [0.5, 0.6) is 17.2 Å². The lowest BCUT2D eigenvalue weighted by atomic mass is 10.2. The number of ether oxygens (including phenoxy) is 2. The van der Waals surface area contributed by atoms with Gasteiger partial charge in [-0.05, 0) is 49.8 Å². The molecule has 0 aliphatic heterocycles. The second-order valence-electron chi connectivity index (χ2n) is 5.77. The van der Waals surface area contributed by atoms with E-state index in [1.807, 2.05) is 26.8 Å². The Morgan fingerprint density at radius 1 is 1.00 bits per heavy atom. The van der Waals surface area contributed by atoms with E-state index in [9.17, 15) is 4.89 Å². The molecule has 5 nitrogen and oxygen atoms in total. The van der Waals surface area contributed by atoms with Crippen LogP contribution < -0.4 is 18.9 Å². The van der Waals surface area contributed by atoms with Crippen molar-refractivity contribution in [1.29, 1.82) is 0 Å². The van der Waals surface area contributed by atoms with Gasteiger partial charge >= 0.3 is 8.17 Å². The van der Waals surface area contributed by atoms with Gasteiger partial charge in [-0.15, -0.1) is 0 Å². The SMILES string of the molecule is COc1c(/N=[P+](\[O-])Oc2ccccc2)cccc1OC(C)(C)C. The summed E-state index contributed by atoms with van der Waals surface area (Å²) in [6.45, 7) is 5.82. The maximum absolute atomic E-state index is 12.1. The predicted molar refractivity (Wildman–Crippen MR) is 89.5 cm³/mol. The van der Waals surface area contributed by atoms with Gasteiger partial charge in [-0.25, -0.2) is 0 Å². The number of methoxy groups -OCH3 is 1. The minimum Gasteiger partial charge on any atom is -0.575 e. The van der Waals surface area contributed by atoms with E-state index in [1.165, 1.54) is 7.11 Å². The van der Waals surface area contributed by atoms with Crippen LogP contribution in [0.15, 0.2) is 53.3 Å². The van der Waals surface area contributed by atoms with Crippen LogP contribution >= 0.6 is 8.17 Å². The van der Waals surface area contributed by atoms with Crippen molar-refractivity contribution in [3.63, 3.8) is 0 Å². The molecule has 0 spiro atoms. The highest BCUT2D eigenvalue weighted by Crippen LogP contribution is 2.41. The maximum atomic E-state index is 12.1. The molecule has 0 bridgehead atoms. The van der Waals surface area contributed by atoms with Crippen molar-refractivity contribution in [1.82, 2.24) is 0 Å². The quantitative estimate of drug-likeness (QED) is 0.759. The molecule has 0 aromatic heterocycles. The summed E-state index contributed by atoms with van der Waals surface area (Å²) in [4.78, 5) is 12.1. The Hall–Kier alpha value is -2.10. The van der Waals surface area contributed by atoms with Crippen molar-refractivity contribution in [2.75, 3.05) is 7.11 Å². The van der Waals surface area contributed by atoms with Crippen molar-refractivity contribution < 1.29 is 18.9 Å². The lowest BCUT2D eigenvalue weighted by molar-refractivity contribution is -0.168. The Labute approximate surface area is 137 Å². The summed E-state index contributed by atoms with van der Waals surface area (Å²) < 4.78 is 20.6. The van der Waals surface area contributed by atoms with Crippen molar-refractivity contribution >= 4 is 13.9 Å². The van der Waals surface area contributed by atoms with Crippen molar-refractivity contribution in [3.8, 4) is 17.2 Å². The molecule has 0 heterocycles. The number of hydrogen-bond acceptors (Lipinski definition) is 5. The molecular formula is C17H20NO4P. The van der Waals surface area contributed by atoms with E-state index in [4.69, 9.17) is 14.0 Å². The molecule has 122 valence electrons. The number of benzene rings is 2. The lowest BCUT2D eigenvalue weighted by Crippen LogP contribution is -2.23. The van der Waals surface area contributed by atoms with E-state index in [1.54, 1.807) is 42.5 Å². The number of nitrogens with zero attached hydrogens (tertiary/aromatic N) is 1. The first-order valence-electron chi connectivity index (χ1n) is 7.17. The van der Waals surface area contributed by atoms with E-state index in [0.29, 0.717) is 22.9 Å². The highest BCUT2D eigenvalue weighted by molar-refractivity contribution is 7.34. The van der Waals surface area contributed by atoms with Crippen LogP contribution in [0.4, 0.5) is 5.69 Å². The van der Waals surface area contributed by atoms with Gasteiger partial charge in [0.1, 0.15) is 5.60 Å². The van der Waals surface area contributed by atoms with Gasteiger partial charge in [0.05, 0.1) is 7.11 Å². The summed E-state index contributed by atoms with van der Waals surface area (Å²) in [5.74, 6) is 1.48. The molecule has 0 saturated heterocycles. The van der Waals surface area contributed by atoms with Crippen LogP contribution in [0.25, 0.3) is 0 Å². The average molecular weight is 333 g/mol. The molecule has 6 heteroatoms. The molecule has 1 atom stereocenters. The smallest absolute Gasteiger partial charge is 0.400 e. The summed E-state index contributed by atoms with van der Waals surface area (Å²) in [7, 11) is -0.738. The Morgan fingerprint density at radius 3 is 2.30 bits per heavy atom. The maximum Gasteiger partial charge on any atom is 0.400 e. The Bertz CT molecular complexity index is 681. The normalized spacial score (nSPS) is 12.0. The minimum absolute atomic E-state index is 0.380. The van der Waals surface area contributed by atoms with E-state index in [2.05, 4.69) is 4.74 Å². The zero-order valence-corrected chi connectivity index (χ0v) is 14.5. The molecule has 0 amide bonds. The molecule has 0 aliphatic carbocycles. The topological polar surface area (TPSA) is 63.1 Å². The van der Waals surface area contributed by atoms with E-state index in [-0.39, 0.29) is 5.60 Å². The molecule has 2 aromatic carbocycles. The van der Waals surface area contributed by atoms with Crippen molar-refractivity contribution in [2.45, 2.75) is 26.4 Å². The lowest BCUT2D eigenvalue weighted by Gasteiger charge is -2.22. The molecular weight excluding hydrogens is 313 g/mol. The van der Waals surface area contributed by atoms with E-state index in [0.717, 1.165) is 0 Å². The van der Waals surface area contributed by atoms with E-state index < -0.39 is 8.17 Å². The van der Waals surface area contributed by atoms with Crippen LogP contribution in [0.1, 0.15) is 20.8 Å². The third-order valence-electron chi connectivity index (χ3n) is 2.69. The highest BCUT2D eigenvalue weighted by atomic mass is 31.1. The summed E-state index contributed by atoms with van der Waals surface area (Å²) in [6.07, 6.45) is 0. The molecule has 0 radical (unpaired) electrons. The first kappa shape index (κ1) is 17.3. The Morgan fingerprint density at radius 2 is 1.70 bits per heavy atom. The molecule has 0 fully saturated rings. The van der Waals surface area contributed by atoms with E-state index >= 15 is 0 Å². The number of para-hydroxylation sites is 2. The van der Waals surface area contributed by atoms with Gasteiger partial charge in [-0.3, -0.25) is 4.52 Å². The van der Waals surface area contributed by atoms with Crippen LogP contribution in [-0.4, -0.2) is 12.7 Å². The zero-order chi connectivity index (χ0) is 16.9. The summed E-state index contributed by atoms with van der Waals surface area (Å²) >= 11 is 0. The minimum atomic E-state index is -2.26. The predicted octanol–water partition coefficient (Wildman–Crippen LogP) is 4.44. The van der Waals surface area contributed by atoms with Gasteiger partial charge in [0.25, 0.3) is 0 Å². The second-order valence-corrected chi connectivity index (χ2v) is 6.62. The third-order valence-corrected chi connectivity index (χ3v) is 3.44. The monoisotopic (exact) mass is 333 g/mol. The second kappa shape index (κ2) is 7.44. The summed E-state index contributed by atoms with van der Waals surface area (Å²) in [5, 5.41) is 0. The van der Waals surface area contributed by atoms with Crippen LogP contribution in [0, 0.1) is 0 Å². The molecule has 2 rings (SSSR count). The van der Waals surface area contributed by atoms with Gasteiger partial charge in [0.15, 0.2) is 22.9 Å². The third kappa shape index (κ3) is 5.23. The largest absolute Gasteiger partial charge is 0.575 e. The summed E-state index contributed by atoms with van der Waals surface area (Å²) in [5.41, 5.74) is 0.0422. The fourth-order valence-electron chi connectivity index (χ4n) is 1.88. The number of rotatable bonds is 5. The van der Waals surface area contributed by atoms with Gasteiger partial charge in [0.2, 0.25) is 0 Å². The fraction of sp³-hybridized carbons (Fsp3) is 0.294. The first-order valence-corrected chi connectivity index (χ1v) is 8.30. The van der Waals surface area contributed by atoms with Crippen molar-refractivity contribution in [3.05, 3.63) is 48.5 Å². The van der Waals surface area contributed by atoms with Gasteiger partial charge in [-0.1, -0.05) is 24.3 Å². The molecule has 2 aromatic rings. The highest BCUT2D eigenvalue weighted by Gasteiger charge is 2.19. The van der Waals surface area contributed by atoms with Gasteiger partial charge in [-0.2, -0.15) is 0 Å².